The third-order valence-electron chi connectivity index (χ3n) is 4.62. The number of ether oxygens (including phenoxy) is 1. The van der Waals surface area contributed by atoms with Crippen LogP contribution in [0.1, 0.15) is 45.4 Å². The molecule has 0 spiro atoms. The molecule has 2 rings (SSSR count). The van der Waals surface area contributed by atoms with Crippen LogP contribution in [0.2, 0.25) is 0 Å². The lowest BCUT2D eigenvalue weighted by Gasteiger charge is -2.33. The molecule has 14 heavy (non-hydrogen) atoms. The minimum atomic E-state index is 0.891. The predicted molar refractivity (Wildman–Crippen MR) is 59.2 cm³/mol. The fourth-order valence-corrected chi connectivity index (χ4v) is 3.77. The van der Waals surface area contributed by atoms with E-state index in [-0.39, 0.29) is 0 Å². The van der Waals surface area contributed by atoms with Gasteiger partial charge < -0.3 is 4.74 Å². The van der Waals surface area contributed by atoms with Crippen molar-refractivity contribution >= 4 is 0 Å². The largest absolute Gasteiger partial charge is 0.384 e. The zero-order chi connectivity index (χ0) is 9.97. The van der Waals surface area contributed by atoms with Crippen molar-refractivity contribution in [2.24, 2.45) is 23.7 Å². The maximum atomic E-state index is 5.33. The van der Waals surface area contributed by atoms with E-state index in [0.29, 0.717) is 0 Å². The van der Waals surface area contributed by atoms with E-state index in [0.717, 1.165) is 30.3 Å². The van der Waals surface area contributed by atoms with Crippen molar-refractivity contribution in [3.8, 4) is 0 Å². The number of fused-ring (bicyclic) bond motifs is 1. The van der Waals surface area contributed by atoms with Gasteiger partial charge in [0.2, 0.25) is 0 Å². The summed E-state index contributed by atoms with van der Waals surface area (Å²) in [5.41, 5.74) is 0. The number of rotatable bonds is 3. The summed E-state index contributed by atoms with van der Waals surface area (Å²) in [6.45, 7) is 3.37. The summed E-state index contributed by atoms with van der Waals surface area (Å²) in [4.78, 5) is 0. The van der Waals surface area contributed by atoms with Crippen LogP contribution < -0.4 is 0 Å². The average molecular weight is 196 g/mol. The van der Waals surface area contributed by atoms with Crippen LogP contribution in [0.15, 0.2) is 0 Å². The molecule has 2 aliphatic carbocycles. The normalized spacial score (nSPS) is 42.4. The SMILES string of the molecule is CCC1CCC2C(COC)CCC2C1. The van der Waals surface area contributed by atoms with E-state index in [2.05, 4.69) is 6.92 Å². The molecule has 82 valence electrons. The molecule has 0 saturated heterocycles. The van der Waals surface area contributed by atoms with Crippen molar-refractivity contribution in [2.45, 2.75) is 45.4 Å². The molecule has 4 atom stereocenters. The minimum Gasteiger partial charge on any atom is -0.384 e. The fourth-order valence-electron chi connectivity index (χ4n) is 3.77. The Morgan fingerprint density at radius 3 is 2.71 bits per heavy atom. The number of hydrogen-bond donors (Lipinski definition) is 0. The van der Waals surface area contributed by atoms with Crippen molar-refractivity contribution in [1.29, 1.82) is 0 Å². The lowest BCUT2D eigenvalue weighted by Crippen LogP contribution is -2.25. The highest BCUT2D eigenvalue weighted by Crippen LogP contribution is 2.48. The van der Waals surface area contributed by atoms with Crippen molar-refractivity contribution in [2.75, 3.05) is 13.7 Å². The highest BCUT2D eigenvalue weighted by molar-refractivity contribution is 4.89. The molecule has 1 heteroatoms. The van der Waals surface area contributed by atoms with Crippen molar-refractivity contribution in [1.82, 2.24) is 0 Å². The van der Waals surface area contributed by atoms with Gasteiger partial charge in [0.25, 0.3) is 0 Å². The van der Waals surface area contributed by atoms with Crippen LogP contribution in [0.25, 0.3) is 0 Å². The van der Waals surface area contributed by atoms with Gasteiger partial charge >= 0.3 is 0 Å². The van der Waals surface area contributed by atoms with E-state index >= 15 is 0 Å². The van der Waals surface area contributed by atoms with Crippen LogP contribution in [-0.2, 0) is 4.74 Å². The number of hydrogen-bond acceptors (Lipinski definition) is 1. The van der Waals surface area contributed by atoms with Gasteiger partial charge in [0, 0.05) is 13.7 Å². The second-order valence-electron chi connectivity index (χ2n) is 5.30. The van der Waals surface area contributed by atoms with E-state index < -0.39 is 0 Å². The van der Waals surface area contributed by atoms with Gasteiger partial charge in [-0.1, -0.05) is 19.8 Å². The Morgan fingerprint density at radius 1 is 1.14 bits per heavy atom. The van der Waals surface area contributed by atoms with Crippen molar-refractivity contribution < 1.29 is 4.74 Å². The maximum Gasteiger partial charge on any atom is 0.0493 e. The Labute approximate surface area is 88.2 Å². The van der Waals surface area contributed by atoms with Crippen LogP contribution in [-0.4, -0.2) is 13.7 Å². The second kappa shape index (κ2) is 4.65. The van der Waals surface area contributed by atoms with E-state index in [1.165, 1.54) is 38.5 Å². The first-order chi connectivity index (χ1) is 6.85. The molecule has 2 saturated carbocycles. The summed E-state index contributed by atoms with van der Waals surface area (Å²) in [5, 5.41) is 0. The molecule has 0 N–H and O–H groups in total. The molecule has 4 unspecified atom stereocenters. The monoisotopic (exact) mass is 196 g/mol. The molecule has 0 aliphatic heterocycles. The Morgan fingerprint density at radius 2 is 2.00 bits per heavy atom. The Balaban J connectivity index is 1.89. The van der Waals surface area contributed by atoms with Crippen LogP contribution in [0.3, 0.4) is 0 Å². The van der Waals surface area contributed by atoms with Gasteiger partial charge in [-0.3, -0.25) is 0 Å². The van der Waals surface area contributed by atoms with Crippen LogP contribution in [0.5, 0.6) is 0 Å². The minimum absolute atomic E-state index is 0.891. The van der Waals surface area contributed by atoms with Crippen molar-refractivity contribution in [3.05, 3.63) is 0 Å². The molecule has 0 amide bonds. The lowest BCUT2D eigenvalue weighted by atomic mass is 9.73. The van der Waals surface area contributed by atoms with Crippen LogP contribution >= 0.6 is 0 Å². The molecule has 0 aromatic rings. The molecule has 0 radical (unpaired) electrons. The van der Waals surface area contributed by atoms with Crippen molar-refractivity contribution in [3.63, 3.8) is 0 Å². The van der Waals surface area contributed by atoms with Gasteiger partial charge in [-0.15, -0.1) is 0 Å². The van der Waals surface area contributed by atoms with Gasteiger partial charge in [-0.05, 0) is 49.4 Å². The summed E-state index contributed by atoms with van der Waals surface area (Å²) in [7, 11) is 1.85. The molecule has 0 bridgehead atoms. The molecule has 1 nitrogen and oxygen atoms in total. The standard InChI is InChI=1S/C13H24O/c1-3-10-4-7-13-11(8-10)5-6-12(13)9-14-2/h10-13H,3-9H2,1-2H3. The van der Waals surface area contributed by atoms with E-state index in [1.54, 1.807) is 0 Å². The Kier molecular flexibility index (Phi) is 3.48. The van der Waals surface area contributed by atoms with Crippen LogP contribution in [0.4, 0.5) is 0 Å². The zero-order valence-electron chi connectivity index (χ0n) is 9.67. The van der Waals surface area contributed by atoms with Crippen LogP contribution in [0, 0.1) is 23.7 Å². The summed E-state index contributed by atoms with van der Waals surface area (Å²) in [6, 6.07) is 0. The lowest BCUT2D eigenvalue weighted by molar-refractivity contribution is 0.0981. The third-order valence-corrected chi connectivity index (χ3v) is 4.62. The summed E-state index contributed by atoms with van der Waals surface area (Å²) >= 11 is 0. The van der Waals surface area contributed by atoms with Gasteiger partial charge in [-0.25, -0.2) is 0 Å². The van der Waals surface area contributed by atoms with E-state index in [9.17, 15) is 0 Å². The summed E-state index contributed by atoms with van der Waals surface area (Å²) in [5.74, 6) is 3.99. The summed E-state index contributed by atoms with van der Waals surface area (Å²) < 4.78 is 5.33. The molecular formula is C13H24O. The highest BCUT2D eigenvalue weighted by Gasteiger charge is 2.39. The van der Waals surface area contributed by atoms with E-state index in [4.69, 9.17) is 4.74 Å². The van der Waals surface area contributed by atoms with Gasteiger partial charge in [-0.2, -0.15) is 0 Å². The highest BCUT2D eigenvalue weighted by atomic mass is 16.5. The Hall–Kier alpha value is -0.0400. The van der Waals surface area contributed by atoms with Gasteiger partial charge in [0.1, 0.15) is 0 Å². The van der Waals surface area contributed by atoms with Gasteiger partial charge in [0.05, 0.1) is 0 Å². The molecule has 2 aliphatic rings. The third kappa shape index (κ3) is 1.98. The summed E-state index contributed by atoms with van der Waals surface area (Å²) in [6.07, 6.45) is 8.80. The first kappa shape index (κ1) is 10.5. The topological polar surface area (TPSA) is 9.23 Å². The maximum absolute atomic E-state index is 5.33. The predicted octanol–water partition coefficient (Wildman–Crippen LogP) is 3.49. The smallest absolute Gasteiger partial charge is 0.0493 e. The quantitative estimate of drug-likeness (QED) is 0.671. The molecule has 0 aromatic carbocycles. The Bertz CT molecular complexity index is 178. The first-order valence-electron chi connectivity index (χ1n) is 6.34. The molecular weight excluding hydrogens is 172 g/mol. The first-order valence-corrected chi connectivity index (χ1v) is 6.34. The fraction of sp³-hybridized carbons (Fsp3) is 1.00. The number of methoxy groups -OCH3 is 1. The molecule has 0 heterocycles. The van der Waals surface area contributed by atoms with E-state index in [1.807, 2.05) is 7.11 Å². The average Bonchev–Trinajstić information content (AvgIpc) is 2.61. The zero-order valence-corrected chi connectivity index (χ0v) is 9.67. The van der Waals surface area contributed by atoms with Gasteiger partial charge in [0.15, 0.2) is 0 Å². The molecule has 2 fully saturated rings. The molecule has 0 aromatic heterocycles. The second-order valence-corrected chi connectivity index (χ2v) is 5.30.